The van der Waals surface area contributed by atoms with Crippen LogP contribution in [0, 0.1) is 0 Å². The van der Waals surface area contributed by atoms with Crippen molar-refractivity contribution in [3.8, 4) is 0 Å². The highest BCUT2D eigenvalue weighted by Crippen LogP contribution is 2.42. The lowest BCUT2D eigenvalue weighted by Crippen LogP contribution is -2.32. The zero-order valence-electron chi connectivity index (χ0n) is 9.22. The molecule has 2 fully saturated rings. The molecule has 16 heavy (non-hydrogen) atoms. The lowest BCUT2D eigenvalue weighted by Gasteiger charge is -2.21. The van der Waals surface area contributed by atoms with E-state index in [1.807, 2.05) is 10.9 Å². The Kier molecular flexibility index (Phi) is 2.06. The fraction of sp³-hybridized carbons (Fsp3) is 0.667. The van der Waals surface area contributed by atoms with Gasteiger partial charge in [-0.2, -0.15) is 5.10 Å². The summed E-state index contributed by atoms with van der Waals surface area (Å²) in [7, 11) is 0. The molecule has 2 aliphatic rings. The van der Waals surface area contributed by atoms with Gasteiger partial charge in [0.1, 0.15) is 0 Å². The molecule has 0 aromatic carbocycles. The molecule has 4 nitrogen and oxygen atoms in total. The van der Waals surface area contributed by atoms with Gasteiger partial charge < -0.3 is 5.11 Å². The first-order chi connectivity index (χ1) is 7.72. The average molecular weight is 220 g/mol. The van der Waals surface area contributed by atoms with E-state index < -0.39 is 11.4 Å². The third-order valence-electron chi connectivity index (χ3n) is 3.94. The fourth-order valence-corrected chi connectivity index (χ4v) is 2.73. The summed E-state index contributed by atoms with van der Waals surface area (Å²) in [6.07, 6.45) is 9.64. The van der Waals surface area contributed by atoms with Crippen LogP contribution in [0.15, 0.2) is 12.4 Å². The van der Waals surface area contributed by atoms with E-state index in [0.29, 0.717) is 6.04 Å². The van der Waals surface area contributed by atoms with Crippen LogP contribution >= 0.6 is 0 Å². The van der Waals surface area contributed by atoms with E-state index in [4.69, 9.17) is 0 Å². The molecular formula is C12H16N2O2. The maximum Gasteiger partial charge on any atom is 0.314 e. The summed E-state index contributed by atoms with van der Waals surface area (Å²) in [4.78, 5) is 11.5. The maximum absolute atomic E-state index is 11.5. The minimum atomic E-state index is -0.680. The van der Waals surface area contributed by atoms with Crippen LogP contribution < -0.4 is 0 Å². The Morgan fingerprint density at radius 3 is 2.69 bits per heavy atom. The molecule has 0 bridgehead atoms. The van der Waals surface area contributed by atoms with E-state index in [1.54, 1.807) is 6.20 Å². The van der Waals surface area contributed by atoms with Gasteiger partial charge in [0.2, 0.25) is 0 Å². The van der Waals surface area contributed by atoms with E-state index in [2.05, 4.69) is 5.10 Å². The van der Waals surface area contributed by atoms with Crippen LogP contribution in [0.5, 0.6) is 0 Å². The monoisotopic (exact) mass is 220 g/mol. The first-order valence-electron chi connectivity index (χ1n) is 6.00. The molecule has 4 heteroatoms. The summed E-state index contributed by atoms with van der Waals surface area (Å²) in [5, 5.41) is 13.7. The standard InChI is InChI=1S/C12H16N2O2/c15-11(16)12(5-1-2-6-12)9-7-13-14(8-9)10-3-4-10/h7-8,10H,1-6H2,(H,15,16). The third-order valence-corrected chi connectivity index (χ3v) is 3.94. The first-order valence-corrected chi connectivity index (χ1v) is 6.00. The van der Waals surface area contributed by atoms with Gasteiger partial charge in [0.25, 0.3) is 0 Å². The van der Waals surface area contributed by atoms with E-state index in [-0.39, 0.29) is 0 Å². The second kappa shape index (κ2) is 3.34. The number of hydrogen-bond donors (Lipinski definition) is 1. The van der Waals surface area contributed by atoms with Gasteiger partial charge in [0.05, 0.1) is 17.7 Å². The Morgan fingerprint density at radius 2 is 2.12 bits per heavy atom. The van der Waals surface area contributed by atoms with Crippen molar-refractivity contribution in [3.05, 3.63) is 18.0 Å². The molecule has 0 atom stereocenters. The van der Waals surface area contributed by atoms with Gasteiger partial charge in [0.15, 0.2) is 0 Å². The quantitative estimate of drug-likeness (QED) is 0.848. The number of hydrogen-bond acceptors (Lipinski definition) is 2. The maximum atomic E-state index is 11.5. The van der Waals surface area contributed by atoms with Gasteiger partial charge in [-0.05, 0) is 25.7 Å². The van der Waals surface area contributed by atoms with Crippen molar-refractivity contribution in [1.29, 1.82) is 0 Å². The topological polar surface area (TPSA) is 55.1 Å². The van der Waals surface area contributed by atoms with Gasteiger partial charge in [-0.3, -0.25) is 9.48 Å². The number of rotatable bonds is 3. The molecule has 0 aliphatic heterocycles. The largest absolute Gasteiger partial charge is 0.481 e. The molecule has 1 aromatic rings. The van der Waals surface area contributed by atoms with Crippen LogP contribution in [0.4, 0.5) is 0 Å². The third kappa shape index (κ3) is 1.36. The Morgan fingerprint density at radius 1 is 1.44 bits per heavy atom. The van der Waals surface area contributed by atoms with Crippen molar-refractivity contribution < 1.29 is 9.90 Å². The zero-order chi connectivity index (χ0) is 11.2. The Bertz CT molecular complexity index is 414. The van der Waals surface area contributed by atoms with Gasteiger partial charge in [-0.15, -0.1) is 0 Å². The average Bonchev–Trinajstić information content (AvgIpc) is 2.83. The predicted octanol–water partition coefficient (Wildman–Crippen LogP) is 2.11. The Labute approximate surface area is 94.3 Å². The number of carbonyl (C=O) groups is 1. The molecule has 1 aromatic heterocycles. The van der Waals surface area contributed by atoms with Crippen molar-refractivity contribution in [2.24, 2.45) is 0 Å². The van der Waals surface area contributed by atoms with Gasteiger partial charge >= 0.3 is 5.97 Å². The van der Waals surface area contributed by atoms with Crippen LogP contribution in [-0.2, 0) is 10.2 Å². The number of nitrogens with zero attached hydrogens (tertiary/aromatic N) is 2. The molecule has 0 radical (unpaired) electrons. The van der Waals surface area contributed by atoms with Crippen LogP contribution in [0.2, 0.25) is 0 Å². The van der Waals surface area contributed by atoms with Crippen LogP contribution in [0.25, 0.3) is 0 Å². The number of aliphatic carboxylic acids is 1. The first kappa shape index (κ1) is 9.87. The number of carboxylic acids is 1. The number of aromatic nitrogens is 2. The zero-order valence-corrected chi connectivity index (χ0v) is 9.22. The lowest BCUT2D eigenvalue weighted by molar-refractivity contribution is -0.143. The van der Waals surface area contributed by atoms with E-state index in [0.717, 1.165) is 31.2 Å². The highest BCUT2D eigenvalue weighted by Gasteiger charge is 2.44. The summed E-state index contributed by atoms with van der Waals surface area (Å²) in [6.45, 7) is 0. The molecular weight excluding hydrogens is 204 g/mol. The summed E-state index contributed by atoms with van der Waals surface area (Å²) < 4.78 is 1.94. The Balaban J connectivity index is 1.95. The second-order valence-corrected chi connectivity index (χ2v) is 5.03. The second-order valence-electron chi connectivity index (χ2n) is 5.03. The van der Waals surface area contributed by atoms with Crippen molar-refractivity contribution in [3.63, 3.8) is 0 Å². The van der Waals surface area contributed by atoms with Crippen molar-refractivity contribution in [2.45, 2.75) is 50.0 Å². The highest BCUT2D eigenvalue weighted by molar-refractivity contribution is 5.81. The smallest absolute Gasteiger partial charge is 0.314 e. The molecule has 3 rings (SSSR count). The molecule has 0 spiro atoms. The summed E-state index contributed by atoms with van der Waals surface area (Å²) >= 11 is 0. The van der Waals surface area contributed by atoms with Gasteiger partial charge in [-0.25, -0.2) is 0 Å². The van der Waals surface area contributed by atoms with Crippen LogP contribution in [0.1, 0.15) is 50.1 Å². The van der Waals surface area contributed by atoms with Crippen LogP contribution in [0.3, 0.4) is 0 Å². The van der Waals surface area contributed by atoms with Gasteiger partial charge in [-0.1, -0.05) is 12.8 Å². The van der Waals surface area contributed by atoms with Gasteiger partial charge in [0, 0.05) is 11.8 Å². The van der Waals surface area contributed by atoms with Crippen molar-refractivity contribution in [2.75, 3.05) is 0 Å². The molecule has 2 saturated carbocycles. The summed E-state index contributed by atoms with van der Waals surface area (Å²) in [5.41, 5.74) is 0.261. The lowest BCUT2D eigenvalue weighted by atomic mass is 9.81. The minimum absolute atomic E-state index is 0.529. The minimum Gasteiger partial charge on any atom is -0.481 e. The predicted molar refractivity (Wildman–Crippen MR) is 58.3 cm³/mol. The molecule has 1 heterocycles. The molecule has 1 N–H and O–H groups in total. The molecule has 0 unspecified atom stereocenters. The normalized spacial score (nSPS) is 23.5. The highest BCUT2D eigenvalue weighted by atomic mass is 16.4. The molecule has 2 aliphatic carbocycles. The van der Waals surface area contributed by atoms with Crippen molar-refractivity contribution >= 4 is 5.97 Å². The van der Waals surface area contributed by atoms with Crippen molar-refractivity contribution in [1.82, 2.24) is 9.78 Å². The number of carboxylic acid groups (broad SMARTS) is 1. The Hall–Kier alpha value is -1.32. The SMILES string of the molecule is O=C(O)C1(c2cnn(C3CC3)c2)CCCC1. The fourth-order valence-electron chi connectivity index (χ4n) is 2.73. The molecule has 0 saturated heterocycles. The molecule has 0 amide bonds. The summed E-state index contributed by atoms with van der Waals surface area (Å²) in [5.74, 6) is -0.680. The van der Waals surface area contributed by atoms with E-state index >= 15 is 0 Å². The summed E-state index contributed by atoms with van der Waals surface area (Å²) in [6, 6.07) is 0.529. The van der Waals surface area contributed by atoms with E-state index in [9.17, 15) is 9.90 Å². The van der Waals surface area contributed by atoms with E-state index in [1.165, 1.54) is 12.8 Å². The van der Waals surface area contributed by atoms with Crippen LogP contribution in [-0.4, -0.2) is 20.9 Å². The molecule has 86 valence electrons.